The van der Waals surface area contributed by atoms with Gasteiger partial charge in [-0.1, -0.05) is 25.0 Å². The standard InChI is InChI=1S/C18H22N2OS/c21-17(12-13-6-1-2-7-13)20-11-5-9-15(20)18-19-14-8-3-4-10-16(14)22-18/h3-4,8,10,13,15H,1-2,5-7,9,11-12H2/t15-/m1/s1. The fourth-order valence-electron chi connectivity index (χ4n) is 3.93. The minimum absolute atomic E-state index is 0.214. The van der Waals surface area contributed by atoms with Gasteiger partial charge in [0.25, 0.3) is 0 Å². The molecule has 1 atom stereocenters. The average Bonchev–Trinajstić information content (AvgIpc) is 3.26. The Morgan fingerprint density at radius 3 is 2.82 bits per heavy atom. The zero-order valence-electron chi connectivity index (χ0n) is 12.8. The second-order valence-corrected chi connectivity index (χ2v) is 7.68. The van der Waals surface area contributed by atoms with Gasteiger partial charge in [0.05, 0.1) is 16.3 Å². The molecule has 2 aliphatic rings. The van der Waals surface area contributed by atoms with Gasteiger partial charge in [-0.25, -0.2) is 4.98 Å². The molecule has 4 heteroatoms. The number of hydrogen-bond donors (Lipinski definition) is 0. The smallest absolute Gasteiger partial charge is 0.223 e. The molecule has 0 radical (unpaired) electrons. The van der Waals surface area contributed by atoms with Crippen LogP contribution in [-0.2, 0) is 4.79 Å². The first-order chi connectivity index (χ1) is 10.8. The number of amides is 1. The minimum Gasteiger partial charge on any atom is -0.333 e. The van der Waals surface area contributed by atoms with Crippen LogP contribution in [0, 0.1) is 5.92 Å². The topological polar surface area (TPSA) is 33.2 Å². The SMILES string of the molecule is O=C(CC1CCCC1)N1CCC[C@@H]1c1nc2ccccc2s1. The fraction of sp³-hybridized carbons (Fsp3) is 0.556. The summed E-state index contributed by atoms with van der Waals surface area (Å²) in [6.45, 7) is 0.909. The number of rotatable bonds is 3. The lowest BCUT2D eigenvalue weighted by Crippen LogP contribution is -2.31. The van der Waals surface area contributed by atoms with E-state index in [0.717, 1.165) is 36.3 Å². The van der Waals surface area contributed by atoms with Gasteiger partial charge in [-0.2, -0.15) is 0 Å². The van der Waals surface area contributed by atoms with Crippen LogP contribution in [0.2, 0.25) is 0 Å². The Balaban J connectivity index is 1.53. The number of thiazole rings is 1. The van der Waals surface area contributed by atoms with Gasteiger partial charge in [-0.05, 0) is 43.7 Å². The lowest BCUT2D eigenvalue weighted by Gasteiger charge is -2.24. The van der Waals surface area contributed by atoms with Crippen molar-refractivity contribution in [1.29, 1.82) is 0 Å². The largest absolute Gasteiger partial charge is 0.333 e. The molecule has 22 heavy (non-hydrogen) atoms. The van der Waals surface area contributed by atoms with E-state index in [-0.39, 0.29) is 6.04 Å². The monoisotopic (exact) mass is 314 g/mol. The van der Waals surface area contributed by atoms with Crippen LogP contribution in [0.3, 0.4) is 0 Å². The van der Waals surface area contributed by atoms with E-state index in [9.17, 15) is 4.79 Å². The lowest BCUT2D eigenvalue weighted by atomic mass is 10.0. The van der Waals surface area contributed by atoms with Crippen molar-refractivity contribution in [3.05, 3.63) is 29.3 Å². The molecule has 2 heterocycles. The molecule has 1 aliphatic carbocycles. The maximum Gasteiger partial charge on any atom is 0.223 e. The molecule has 0 unspecified atom stereocenters. The number of aromatic nitrogens is 1. The Hall–Kier alpha value is -1.42. The first-order valence-corrected chi connectivity index (χ1v) is 9.28. The first kappa shape index (κ1) is 14.2. The molecule has 1 amide bonds. The Bertz CT molecular complexity index is 642. The van der Waals surface area contributed by atoms with Crippen LogP contribution in [0.25, 0.3) is 10.2 Å². The maximum atomic E-state index is 12.7. The van der Waals surface area contributed by atoms with Crippen molar-refractivity contribution in [3.8, 4) is 0 Å². The number of para-hydroxylation sites is 1. The van der Waals surface area contributed by atoms with Gasteiger partial charge in [-0.15, -0.1) is 11.3 Å². The Morgan fingerprint density at radius 1 is 1.18 bits per heavy atom. The van der Waals surface area contributed by atoms with Crippen LogP contribution < -0.4 is 0 Å². The molecule has 1 aliphatic heterocycles. The molecule has 1 saturated carbocycles. The van der Waals surface area contributed by atoms with Crippen molar-refractivity contribution >= 4 is 27.5 Å². The second kappa shape index (κ2) is 5.99. The average molecular weight is 314 g/mol. The van der Waals surface area contributed by atoms with E-state index in [1.807, 2.05) is 6.07 Å². The van der Waals surface area contributed by atoms with Gasteiger partial charge in [0.1, 0.15) is 5.01 Å². The van der Waals surface area contributed by atoms with Crippen LogP contribution in [0.1, 0.15) is 56.0 Å². The number of likely N-dealkylation sites (tertiary alicyclic amines) is 1. The summed E-state index contributed by atoms with van der Waals surface area (Å²) in [6, 6.07) is 8.49. The van der Waals surface area contributed by atoms with Crippen molar-refractivity contribution in [2.45, 2.75) is 51.0 Å². The van der Waals surface area contributed by atoms with Gasteiger partial charge < -0.3 is 4.90 Å². The van der Waals surface area contributed by atoms with Crippen molar-refractivity contribution < 1.29 is 4.79 Å². The predicted octanol–water partition coefficient (Wildman–Crippen LogP) is 4.54. The number of fused-ring (bicyclic) bond motifs is 1. The van der Waals surface area contributed by atoms with Crippen LogP contribution in [-0.4, -0.2) is 22.3 Å². The van der Waals surface area contributed by atoms with Crippen molar-refractivity contribution in [3.63, 3.8) is 0 Å². The minimum atomic E-state index is 0.214. The third kappa shape index (κ3) is 2.65. The van der Waals surface area contributed by atoms with Gasteiger partial charge in [0, 0.05) is 13.0 Å². The highest BCUT2D eigenvalue weighted by molar-refractivity contribution is 7.18. The van der Waals surface area contributed by atoms with Crippen LogP contribution >= 0.6 is 11.3 Å². The molecule has 4 rings (SSSR count). The molecule has 2 fully saturated rings. The van der Waals surface area contributed by atoms with Crippen molar-refractivity contribution in [2.24, 2.45) is 5.92 Å². The zero-order chi connectivity index (χ0) is 14.9. The van der Waals surface area contributed by atoms with Crippen LogP contribution in [0.5, 0.6) is 0 Å². The van der Waals surface area contributed by atoms with E-state index in [2.05, 4.69) is 23.1 Å². The molecular formula is C18H22N2OS. The van der Waals surface area contributed by atoms with E-state index in [4.69, 9.17) is 4.98 Å². The number of hydrogen-bond acceptors (Lipinski definition) is 3. The van der Waals surface area contributed by atoms with Gasteiger partial charge in [0.2, 0.25) is 5.91 Å². The molecular weight excluding hydrogens is 292 g/mol. The Morgan fingerprint density at radius 2 is 2.00 bits per heavy atom. The Kier molecular flexibility index (Phi) is 3.87. The van der Waals surface area contributed by atoms with E-state index in [0.29, 0.717) is 11.8 Å². The predicted molar refractivity (Wildman–Crippen MR) is 89.9 cm³/mol. The molecule has 1 aromatic carbocycles. The summed E-state index contributed by atoms with van der Waals surface area (Å²) >= 11 is 1.75. The summed E-state index contributed by atoms with van der Waals surface area (Å²) in [5, 5.41) is 1.12. The zero-order valence-corrected chi connectivity index (χ0v) is 13.6. The van der Waals surface area contributed by atoms with Crippen molar-refractivity contribution in [1.82, 2.24) is 9.88 Å². The third-order valence-corrected chi connectivity index (χ3v) is 6.24. The quantitative estimate of drug-likeness (QED) is 0.833. The maximum absolute atomic E-state index is 12.7. The summed E-state index contributed by atoms with van der Waals surface area (Å²) in [7, 11) is 0. The highest BCUT2D eigenvalue weighted by Crippen LogP contribution is 2.38. The van der Waals surface area contributed by atoms with E-state index >= 15 is 0 Å². The summed E-state index contributed by atoms with van der Waals surface area (Å²) < 4.78 is 1.23. The second-order valence-electron chi connectivity index (χ2n) is 6.62. The molecule has 0 spiro atoms. The van der Waals surface area contributed by atoms with Crippen molar-refractivity contribution in [2.75, 3.05) is 6.54 Å². The van der Waals surface area contributed by atoms with Gasteiger partial charge >= 0.3 is 0 Å². The molecule has 0 bridgehead atoms. The summed E-state index contributed by atoms with van der Waals surface area (Å²) in [4.78, 5) is 19.6. The van der Waals surface area contributed by atoms with Crippen LogP contribution in [0.15, 0.2) is 24.3 Å². The molecule has 2 aromatic rings. The highest BCUT2D eigenvalue weighted by atomic mass is 32.1. The summed E-state index contributed by atoms with van der Waals surface area (Å²) in [6.07, 6.45) is 8.02. The molecule has 3 nitrogen and oxygen atoms in total. The summed E-state index contributed by atoms with van der Waals surface area (Å²) in [5.74, 6) is 0.984. The van der Waals surface area contributed by atoms with E-state index in [1.54, 1.807) is 11.3 Å². The molecule has 1 saturated heterocycles. The Labute approximate surface area is 135 Å². The first-order valence-electron chi connectivity index (χ1n) is 8.46. The van der Waals surface area contributed by atoms with Gasteiger partial charge in [-0.3, -0.25) is 4.79 Å². The highest BCUT2D eigenvalue weighted by Gasteiger charge is 2.33. The van der Waals surface area contributed by atoms with Gasteiger partial charge in [0.15, 0.2) is 0 Å². The molecule has 116 valence electrons. The van der Waals surface area contributed by atoms with E-state index < -0.39 is 0 Å². The van der Waals surface area contributed by atoms with Crippen LogP contribution in [0.4, 0.5) is 0 Å². The summed E-state index contributed by atoms with van der Waals surface area (Å²) in [5.41, 5.74) is 1.07. The number of carbonyl (C=O) groups is 1. The van der Waals surface area contributed by atoms with E-state index in [1.165, 1.54) is 30.4 Å². The number of benzene rings is 1. The number of carbonyl (C=O) groups excluding carboxylic acids is 1. The third-order valence-electron chi connectivity index (χ3n) is 5.11. The normalized spacial score (nSPS) is 22.7. The fourth-order valence-corrected chi connectivity index (χ4v) is 5.05. The molecule has 1 aromatic heterocycles. The lowest BCUT2D eigenvalue weighted by molar-refractivity contribution is -0.133. The molecule has 0 N–H and O–H groups in total. The number of nitrogens with zero attached hydrogens (tertiary/aromatic N) is 2.